The van der Waals surface area contributed by atoms with Gasteiger partial charge in [0.25, 0.3) is 0 Å². The summed E-state index contributed by atoms with van der Waals surface area (Å²) in [5, 5.41) is 18.4. The van der Waals surface area contributed by atoms with Crippen molar-refractivity contribution in [3.8, 4) is 6.07 Å². The number of nitriles is 1. The van der Waals surface area contributed by atoms with Crippen LogP contribution in [0, 0.1) is 11.3 Å². The fourth-order valence-electron chi connectivity index (χ4n) is 1.65. The van der Waals surface area contributed by atoms with E-state index in [9.17, 15) is 0 Å². The molecule has 0 radical (unpaired) electrons. The van der Waals surface area contributed by atoms with Crippen molar-refractivity contribution in [3.05, 3.63) is 36.4 Å². The van der Waals surface area contributed by atoms with Crippen LogP contribution >= 0.6 is 0 Å². The minimum absolute atomic E-state index is 0.574. The molecule has 70 valence electrons. The van der Waals surface area contributed by atoms with E-state index in [-0.39, 0.29) is 0 Å². The molecule has 0 saturated carbocycles. The van der Waals surface area contributed by atoms with Crippen molar-refractivity contribution in [1.29, 1.82) is 5.26 Å². The molecule has 3 aromatic rings. The highest BCUT2D eigenvalue weighted by Crippen LogP contribution is 2.20. The van der Waals surface area contributed by atoms with Crippen LogP contribution in [0.15, 0.2) is 30.9 Å². The summed E-state index contributed by atoms with van der Waals surface area (Å²) in [6.45, 7) is 0. The van der Waals surface area contributed by atoms with Gasteiger partial charge in [0.15, 0.2) is 0 Å². The van der Waals surface area contributed by atoms with Gasteiger partial charge in [-0.25, -0.2) is 4.52 Å². The number of aromatic nitrogens is 4. The Morgan fingerprint density at radius 1 is 1.27 bits per heavy atom. The standard InChI is InChI=1S/C10H5N5/c11-3-7-6-15-10(5-13-14-15)9-4-12-2-1-8(7)9/h1-2,4-6H. The van der Waals surface area contributed by atoms with E-state index in [1.165, 1.54) is 0 Å². The Balaban J connectivity index is 2.66. The van der Waals surface area contributed by atoms with E-state index >= 15 is 0 Å². The zero-order valence-electron chi connectivity index (χ0n) is 7.62. The van der Waals surface area contributed by atoms with E-state index in [1.54, 1.807) is 29.3 Å². The van der Waals surface area contributed by atoms with E-state index in [0.717, 1.165) is 16.3 Å². The maximum atomic E-state index is 9.00. The molecule has 3 rings (SSSR count). The molecule has 3 heterocycles. The smallest absolute Gasteiger partial charge is 0.101 e. The second-order valence-corrected chi connectivity index (χ2v) is 3.14. The van der Waals surface area contributed by atoms with Crippen molar-refractivity contribution >= 4 is 16.3 Å². The molecule has 0 aromatic carbocycles. The Morgan fingerprint density at radius 3 is 3.07 bits per heavy atom. The molecule has 0 aliphatic rings. The molecule has 0 spiro atoms. The lowest BCUT2D eigenvalue weighted by Gasteiger charge is -2.00. The molecule has 0 atom stereocenters. The quantitative estimate of drug-likeness (QED) is 0.539. The first kappa shape index (κ1) is 7.88. The highest BCUT2D eigenvalue weighted by atomic mass is 15.4. The first-order chi connectivity index (χ1) is 7.40. The molecule has 3 aromatic heterocycles. The van der Waals surface area contributed by atoms with Gasteiger partial charge in [0.2, 0.25) is 0 Å². The number of fused-ring (bicyclic) bond motifs is 3. The SMILES string of the molecule is N#Cc1cn2nncc2c2cnccc12. The van der Waals surface area contributed by atoms with Gasteiger partial charge >= 0.3 is 0 Å². The minimum Gasteiger partial charge on any atom is -0.264 e. The molecule has 0 aliphatic heterocycles. The molecular formula is C10H5N5. The topological polar surface area (TPSA) is 66.9 Å². The van der Waals surface area contributed by atoms with Crippen molar-refractivity contribution in [1.82, 2.24) is 19.8 Å². The van der Waals surface area contributed by atoms with Gasteiger partial charge in [-0.3, -0.25) is 4.98 Å². The van der Waals surface area contributed by atoms with Gasteiger partial charge in [-0.05, 0) is 6.07 Å². The van der Waals surface area contributed by atoms with Gasteiger partial charge in [-0.1, -0.05) is 5.21 Å². The van der Waals surface area contributed by atoms with Gasteiger partial charge in [-0.15, -0.1) is 5.10 Å². The van der Waals surface area contributed by atoms with E-state index in [4.69, 9.17) is 5.26 Å². The van der Waals surface area contributed by atoms with Crippen LogP contribution in [0.25, 0.3) is 16.3 Å². The van der Waals surface area contributed by atoms with Gasteiger partial charge < -0.3 is 0 Å². The Labute approximate surface area is 84.6 Å². The van der Waals surface area contributed by atoms with E-state index in [2.05, 4.69) is 21.4 Å². The van der Waals surface area contributed by atoms with Crippen LogP contribution in [0.5, 0.6) is 0 Å². The molecule has 5 nitrogen and oxygen atoms in total. The molecular weight excluding hydrogens is 190 g/mol. The Kier molecular flexibility index (Phi) is 1.45. The maximum Gasteiger partial charge on any atom is 0.101 e. The summed E-state index contributed by atoms with van der Waals surface area (Å²) in [6, 6.07) is 3.96. The normalized spacial score (nSPS) is 10.6. The van der Waals surface area contributed by atoms with Crippen LogP contribution < -0.4 is 0 Å². The first-order valence-electron chi connectivity index (χ1n) is 4.37. The molecule has 0 aliphatic carbocycles. The highest BCUT2D eigenvalue weighted by Gasteiger charge is 2.06. The van der Waals surface area contributed by atoms with Gasteiger partial charge in [0.1, 0.15) is 6.07 Å². The van der Waals surface area contributed by atoms with Crippen molar-refractivity contribution in [2.24, 2.45) is 0 Å². The third-order valence-electron chi connectivity index (χ3n) is 2.33. The Bertz CT molecular complexity index is 692. The van der Waals surface area contributed by atoms with Crippen molar-refractivity contribution in [3.63, 3.8) is 0 Å². The molecule has 0 unspecified atom stereocenters. The molecule has 0 saturated heterocycles. The number of hydrogen-bond donors (Lipinski definition) is 0. The van der Waals surface area contributed by atoms with Gasteiger partial charge in [0, 0.05) is 29.4 Å². The summed E-state index contributed by atoms with van der Waals surface area (Å²) in [7, 11) is 0. The fourth-order valence-corrected chi connectivity index (χ4v) is 1.65. The monoisotopic (exact) mass is 195 g/mol. The minimum atomic E-state index is 0.574. The van der Waals surface area contributed by atoms with Crippen LogP contribution in [0.3, 0.4) is 0 Å². The van der Waals surface area contributed by atoms with Crippen LogP contribution in [0.2, 0.25) is 0 Å². The van der Waals surface area contributed by atoms with Gasteiger partial charge in [-0.2, -0.15) is 5.26 Å². The van der Waals surface area contributed by atoms with Crippen LogP contribution in [0.4, 0.5) is 0 Å². The predicted molar refractivity (Wildman–Crippen MR) is 53.0 cm³/mol. The van der Waals surface area contributed by atoms with Crippen molar-refractivity contribution in [2.45, 2.75) is 0 Å². The molecule has 0 fully saturated rings. The number of nitrogens with zero attached hydrogens (tertiary/aromatic N) is 5. The number of pyridine rings is 2. The lowest BCUT2D eigenvalue weighted by atomic mass is 10.1. The van der Waals surface area contributed by atoms with Crippen molar-refractivity contribution < 1.29 is 0 Å². The second kappa shape index (κ2) is 2.75. The van der Waals surface area contributed by atoms with Gasteiger partial charge in [0.05, 0.1) is 17.3 Å². The molecule has 5 heteroatoms. The summed E-state index contributed by atoms with van der Waals surface area (Å²) in [5.41, 5.74) is 1.43. The third kappa shape index (κ3) is 0.987. The molecule has 0 amide bonds. The average molecular weight is 195 g/mol. The van der Waals surface area contributed by atoms with E-state index in [0.29, 0.717) is 5.56 Å². The first-order valence-corrected chi connectivity index (χ1v) is 4.37. The Hall–Kier alpha value is -2.48. The fraction of sp³-hybridized carbons (Fsp3) is 0. The molecule has 15 heavy (non-hydrogen) atoms. The summed E-state index contributed by atoms with van der Waals surface area (Å²) >= 11 is 0. The zero-order valence-corrected chi connectivity index (χ0v) is 7.62. The number of hydrogen-bond acceptors (Lipinski definition) is 4. The van der Waals surface area contributed by atoms with E-state index < -0.39 is 0 Å². The maximum absolute atomic E-state index is 9.00. The van der Waals surface area contributed by atoms with Crippen LogP contribution in [0.1, 0.15) is 5.56 Å². The van der Waals surface area contributed by atoms with Crippen LogP contribution in [-0.4, -0.2) is 19.8 Å². The molecule has 0 bridgehead atoms. The molecule has 0 N–H and O–H groups in total. The van der Waals surface area contributed by atoms with Crippen molar-refractivity contribution in [2.75, 3.05) is 0 Å². The highest BCUT2D eigenvalue weighted by molar-refractivity contribution is 5.97. The summed E-state index contributed by atoms with van der Waals surface area (Å²) in [4.78, 5) is 4.04. The largest absolute Gasteiger partial charge is 0.264 e. The second-order valence-electron chi connectivity index (χ2n) is 3.14. The zero-order chi connectivity index (χ0) is 10.3. The Morgan fingerprint density at radius 2 is 2.20 bits per heavy atom. The predicted octanol–water partition coefficient (Wildman–Crippen LogP) is 1.15. The average Bonchev–Trinajstić information content (AvgIpc) is 2.76. The van der Waals surface area contributed by atoms with E-state index in [1.807, 2.05) is 6.07 Å². The lowest BCUT2D eigenvalue weighted by molar-refractivity contribution is 0.856. The summed E-state index contributed by atoms with van der Waals surface area (Å²) < 4.78 is 1.59. The summed E-state index contributed by atoms with van der Waals surface area (Å²) in [6.07, 6.45) is 6.72. The third-order valence-corrected chi connectivity index (χ3v) is 2.33. The lowest BCUT2D eigenvalue weighted by Crippen LogP contribution is -1.92. The number of rotatable bonds is 0. The summed E-state index contributed by atoms with van der Waals surface area (Å²) in [5.74, 6) is 0. The van der Waals surface area contributed by atoms with Crippen LogP contribution in [-0.2, 0) is 0 Å².